The standard InChI is InChI=1S/C20H23N3O4S2/c1-6-13-12(5)29-18(16(13)20(26)27-7-2)22-14(24)8-23-9-21-17-15(19(23)25)10(3)11(4)28-17/h9H,6-8H2,1-5H3,(H,22,24). The Balaban J connectivity index is 1.89. The van der Waals surface area contributed by atoms with Crippen LogP contribution in [0.3, 0.4) is 0 Å². The highest BCUT2D eigenvalue weighted by atomic mass is 32.1. The zero-order chi connectivity index (χ0) is 21.3. The maximum Gasteiger partial charge on any atom is 0.341 e. The number of anilines is 1. The molecule has 0 unspecified atom stereocenters. The van der Waals surface area contributed by atoms with Gasteiger partial charge in [-0.15, -0.1) is 22.7 Å². The average Bonchev–Trinajstić information content (AvgIpc) is 3.13. The molecule has 0 spiro atoms. The first-order valence-electron chi connectivity index (χ1n) is 9.32. The highest BCUT2D eigenvalue weighted by molar-refractivity contribution is 7.18. The summed E-state index contributed by atoms with van der Waals surface area (Å²) in [5.74, 6) is -0.846. The number of nitrogens with one attached hydrogen (secondary N) is 1. The van der Waals surface area contributed by atoms with E-state index in [-0.39, 0.29) is 18.7 Å². The van der Waals surface area contributed by atoms with Gasteiger partial charge in [-0.25, -0.2) is 9.78 Å². The van der Waals surface area contributed by atoms with Crippen molar-refractivity contribution in [3.63, 3.8) is 0 Å². The number of thiophene rings is 2. The number of aromatic nitrogens is 2. The Morgan fingerprint density at radius 1 is 1.17 bits per heavy atom. The Labute approximate surface area is 176 Å². The Morgan fingerprint density at radius 2 is 1.90 bits per heavy atom. The van der Waals surface area contributed by atoms with Crippen LogP contribution in [0.25, 0.3) is 10.2 Å². The van der Waals surface area contributed by atoms with Crippen molar-refractivity contribution in [3.05, 3.63) is 43.1 Å². The summed E-state index contributed by atoms with van der Waals surface area (Å²) in [6.07, 6.45) is 2.05. The molecule has 0 radical (unpaired) electrons. The van der Waals surface area contributed by atoms with Crippen LogP contribution in [0.2, 0.25) is 0 Å². The minimum Gasteiger partial charge on any atom is -0.462 e. The summed E-state index contributed by atoms with van der Waals surface area (Å²) in [5, 5.41) is 3.79. The predicted molar refractivity (Wildman–Crippen MR) is 116 cm³/mol. The first-order chi connectivity index (χ1) is 13.8. The quantitative estimate of drug-likeness (QED) is 0.597. The summed E-state index contributed by atoms with van der Waals surface area (Å²) in [4.78, 5) is 44.8. The molecule has 0 aliphatic rings. The van der Waals surface area contributed by atoms with Gasteiger partial charge in [-0.2, -0.15) is 0 Å². The van der Waals surface area contributed by atoms with Crippen molar-refractivity contribution >= 4 is 49.8 Å². The van der Waals surface area contributed by atoms with Gasteiger partial charge in [-0.1, -0.05) is 6.92 Å². The Morgan fingerprint density at radius 3 is 2.55 bits per heavy atom. The maximum absolute atomic E-state index is 12.8. The number of aryl methyl sites for hydroxylation is 3. The molecule has 0 aliphatic carbocycles. The zero-order valence-electron chi connectivity index (χ0n) is 17.0. The minimum absolute atomic E-state index is 0.184. The normalized spacial score (nSPS) is 11.1. The van der Waals surface area contributed by atoms with Gasteiger partial charge in [-0.3, -0.25) is 14.2 Å². The fourth-order valence-electron chi connectivity index (χ4n) is 3.22. The number of carbonyl (C=O) groups is 2. The van der Waals surface area contributed by atoms with Crippen molar-refractivity contribution in [2.75, 3.05) is 11.9 Å². The second-order valence-corrected chi connectivity index (χ2v) is 9.03. The number of carbonyl (C=O) groups excluding carboxylic acids is 2. The maximum atomic E-state index is 12.8. The van der Waals surface area contributed by atoms with Crippen LogP contribution in [-0.4, -0.2) is 28.0 Å². The topological polar surface area (TPSA) is 90.3 Å². The largest absolute Gasteiger partial charge is 0.462 e. The predicted octanol–water partition coefficient (Wildman–Crippen LogP) is 3.82. The lowest BCUT2D eigenvalue weighted by molar-refractivity contribution is -0.116. The molecule has 0 aromatic carbocycles. The number of hydrogen-bond donors (Lipinski definition) is 1. The van der Waals surface area contributed by atoms with E-state index in [1.165, 1.54) is 33.6 Å². The van der Waals surface area contributed by atoms with Crippen molar-refractivity contribution in [2.45, 2.75) is 47.6 Å². The van der Waals surface area contributed by atoms with E-state index in [0.29, 0.717) is 27.2 Å². The van der Waals surface area contributed by atoms with Gasteiger partial charge in [0.15, 0.2) is 0 Å². The SMILES string of the molecule is CCOC(=O)c1c(NC(=O)Cn2cnc3sc(C)c(C)c3c2=O)sc(C)c1CC. The molecular formula is C20H23N3O4S2. The molecule has 154 valence electrons. The first kappa shape index (κ1) is 21.2. The molecule has 0 fully saturated rings. The van der Waals surface area contributed by atoms with Crippen LogP contribution in [-0.2, 0) is 22.5 Å². The average molecular weight is 434 g/mol. The van der Waals surface area contributed by atoms with Crippen LogP contribution in [0, 0.1) is 20.8 Å². The minimum atomic E-state index is -0.450. The van der Waals surface area contributed by atoms with Crippen LogP contribution in [0.1, 0.15) is 45.1 Å². The van der Waals surface area contributed by atoms with E-state index in [1.807, 2.05) is 27.7 Å². The van der Waals surface area contributed by atoms with E-state index < -0.39 is 11.9 Å². The summed E-state index contributed by atoms with van der Waals surface area (Å²) >= 11 is 2.80. The number of hydrogen-bond acceptors (Lipinski definition) is 7. The van der Waals surface area contributed by atoms with Gasteiger partial charge < -0.3 is 10.1 Å². The van der Waals surface area contributed by atoms with E-state index in [2.05, 4.69) is 10.3 Å². The van der Waals surface area contributed by atoms with Crippen molar-refractivity contribution in [3.8, 4) is 0 Å². The Kier molecular flexibility index (Phi) is 6.18. The number of esters is 1. The van der Waals surface area contributed by atoms with Crippen LogP contribution < -0.4 is 10.9 Å². The lowest BCUT2D eigenvalue weighted by Gasteiger charge is -2.09. The molecule has 1 amide bonds. The molecule has 3 rings (SSSR count). The Hall–Kier alpha value is -2.52. The Bertz CT molecular complexity index is 1160. The van der Waals surface area contributed by atoms with E-state index in [9.17, 15) is 14.4 Å². The first-order valence-corrected chi connectivity index (χ1v) is 11.0. The molecule has 3 aromatic heterocycles. The van der Waals surface area contributed by atoms with Crippen molar-refractivity contribution in [1.29, 1.82) is 0 Å². The lowest BCUT2D eigenvalue weighted by Crippen LogP contribution is -2.28. The molecule has 0 bridgehead atoms. The molecule has 3 aromatic rings. The number of nitrogens with zero attached hydrogens (tertiary/aromatic N) is 2. The van der Waals surface area contributed by atoms with Gasteiger partial charge in [-0.05, 0) is 45.2 Å². The van der Waals surface area contributed by atoms with E-state index in [4.69, 9.17) is 4.74 Å². The fourth-order valence-corrected chi connectivity index (χ4v) is 5.35. The third-order valence-electron chi connectivity index (χ3n) is 4.76. The fraction of sp³-hybridized carbons (Fsp3) is 0.400. The van der Waals surface area contributed by atoms with Crippen LogP contribution in [0.4, 0.5) is 5.00 Å². The number of ether oxygens (including phenoxy) is 1. The third kappa shape index (κ3) is 3.97. The zero-order valence-corrected chi connectivity index (χ0v) is 18.7. The van der Waals surface area contributed by atoms with Crippen molar-refractivity contribution in [2.24, 2.45) is 0 Å². The molecule has 0 saturated carbocycles. The molecule has 0 atom stereocenters. The summed E-state index contributed by atoms with van der Waals surface area (Å²) < 4.78 is 6.45. The summed E-state index contributed by atoms with van der Waals surface area (Å²) in [6.45, 7) is 9.50. The van der Waals surface area contributed by atoms with Crippen LogP contribution in [0.15, 0.2) is 11.1 Å². The van der Waals surface area contributed by atoms with Gasteiger partial charge >= 0.3 is 5.97 Å². The van der Waals surface area contributed by atoms with Crippen LogP contribution >= 0.6 is 22.7 Å². The number of fused-ring (bicyclic) bond motifs is 1. The third-order valence-corrected chi connectivity index (χ3v) is 6.94. The molecule has 0 saturated heterocycles. The second kappa shape index (κ2) is 8.46. The molecular weight excluding hydrogens is 410 g/mol. The molecule has 9 heteroatoms. The number of amides is 1. The van der Waals surface area contributed by atoms with E-state index in [0.717, 1.165) is 20.9 Å². The highest BCUT2D eigenvalue weighted by Gasteiger charge is 2.23. The van der Waals surface area contributed by atoms with Crippen molar-refractivity contribution < 1.29 is 14.3 Å². The van der Waals surface area contributed by atoms with Gasteiger partial charge in [0.25, 0.3) is 5.56 Å². The monoisotopic (exact) mass is 433 g/mol. The molecule has 0 aliphatic heterocycles. The van der Waals surface area contributed by atoms with E-state index >= 15 is 0 Å². The van der Waals surface area contributed by atoms with Gasteiger partial charge in [0, 0.05) is 9.75 Å². The van der Waals surface area contributed by atoms with Gasteiger partial charge in [0.1, 0.15) is 16.4 Å². The van der Waals surface area contributed by atoms with Gasteiger partial charge in [0.05, 0.1) is 23.9 Å². The summed E-state index contributed by atoms with van der Waals surface area (Å²) in [5.41, 5.74) is 1.92. The lowest BCUT2D eigenvalue weighted by atomic mass is 10.1. The highest BCUT2D eigenvalue weighted by Crippen LogP contribution is 2.34. The smallest absolute Gasteiger partial charge is 0.341 e. The molecule has 1 N–H and O–H groups in total. The molecule has 29 heavy (non-hydrogen) atoms. The van der Waals surface area contributed by atoms with Gasteiger partial charge in [0.2, 0.25) is 5.91 Å². The number of rotatable bonds is 6. The molecule has 3 heterocycles. The molecule has 7 nitrogen and oxygen atoms in total. The second-order valence-electron chi connectivity index (χ2n) is 6.60. The summed E-state index contributed by atoms with van der Waals surface area (Å²) in [7, 11) is 0. The van der Waals surface area contributed by atoms with Crippen LogP contribution in [0.5, 0.6) is 0 Å². The van der Waals surface area contributed by atoms with Crippen molar-refractivity contribution in [1.82, 2.24) is 9.55 Å². The summed E-state index contributed by atoms with van der Waals surface area (Å²) in [6, 6.07) is 0. The van der Waals surface area contributed by atoms with E-state index in [1.54, 1.807) is 6.92 Å².